The van der Waals surface area contributed by atoms with Crippen LogP contribution in [-0.2, 0) is 19.1 Å². The molecule has 2 aliphatic heterocycles. The Morgan fingerprint density at radius 3 is 2.53 bits per heavy atom. The largest absolute Gasteiger partial charge is 0.483 e. The number of hydrogen-bond donors (Lipinski definition) is 2. The zero-order chi connectivity index (χ0) is 31.8. The molecule has 0 bridgehead atoms. The SMILES string of the molecule is CCOC(=O)c1ccc(N2C(=O)C3Sc4[nH]c(=O)sc4[C@H](c4cc(Br)ccc4OCC(=O)Nc4cccc(C)c4)C3C2=O)cc1. The molecule has 0 radical (unpaired) electrons. The third-order valence-corrected chi connectivity index (χ3v) is 10.3. The molecule has 0 aliphatic carbocycles. The van der Waals surface area contributed by atoms with Crippen LogP contribution in [-0.4, -0.2) is 47.1 Å². The van der Waals surface area contributed by atoms with Crippen LogP contribution in [0.2, 0.25) is 0 Å². The van der Waals surface area contributed by atoms with E-state index < -0.39 is 34.9 Å². The van der Waals surface area contributed by atoms with E-state index in [2.05, 4.69) is 26.2 Å². The Bertz CT molecular complexity index is 1890. The lowest BCUT2D eigenvalue weighted by molar-refractivity contribution is -0.122. The van der Waals surface area contributed by atoms with E-state index in [0.717, 1.165) is 33.6 Å². The summed E-state index contributed by atoms with van der Waals surface area (Å²) in [7, 11) is 0. The number of rotatable bonds is 8. The number of amides is 3. The molecule has 3 atom stereocenters. The number of imide groups is 1. The lowest BCUT2D eigenvalue weighted by atomic mass is 9.82. The maximum absolute atomic E-state index is 14.2. The number of halogens is 1. The smallest absolute Gasteiger partial charge is 0.338 e. The molecule has 1 fully saturated rings. The summed E-state index contributed by atoms with van der Waals surface area (Å²) in [6.45, 7) is 3.54. The molecule has 230 valence electrons. The number of aryl methyl sites for hydroxylation is 1. The van der Waals surface area contributed by atoms with Crippen LogP contribution in [0.4, 0.5) is 11.4 Å². The quantitative estimate of drug-likeness (QED) is 0.181. The molecule has 2 unspecified atom stereocenters. The van der Waals surface area contributed by atoms with Crippen molar-refractivity contribution in [3.63, 3.8) is 0 Å². The Morgan fingerprint density at radius 1 is 1.02 bits per heavy atom. The van der Waals surface area contributed by atoms with Gasteiger partial charge in [0.1, 0.15) is 11.0 Å². The highest BCUT2D eigenvalue weighted by Gasteiger charge is 2.56. The number of aromatic amines is 1. The number of carbonyl (C=O) groups excluding carboxylic acids is 4. The van der Waals surface area contributed by atoms with Crippen LogP contribution in [0.5, 0.6) is 5.75 Å². The lowest BCUT2D eigenvalue weighted by Crippen LogP contribution is -2.32. The van der Waals surface area contributed by atoms with Crippen LogP contribution in [0.3, 0.4) is 0 Å². The van der Waals surface area contributed by atoms with Crippen LogP contribution in [0.25, 0.3) is 0 Å². The fraction of sp³-hybridized carbons (Fsp3) is 0.219. The summed E-state index contributed by atoms with van der Waals surface area (Å²) in [5.41, 5.74) is 2.81. The molecule has 6 rings (SSSR count). The van der Waals surface area contributed by atoms with Gasteiger partial charge in [0, 0.05) is 26.5 Å². The molecule has 45 heavy (non-hydrogen) atoms. The number of carbonyl (C=O) groups is 4. The second kappa shape index (κ2) is 12.7. The van der Waals surface area contributed by atoms with Gasteiger partial charge in [-0.2, -0.15) is 0 Å². The first-order valence-corrected chi connectivity index (χ1v) is 16.5. The average molecular weight is 709 g/mol. The summed E-state index contributed by atoms with van der Waals surface area (Å²) in [6.07, 6.45) is 0. The van der Waals surface area contributed by atoms with Crippen molar-refractivity contribution in [1.29, 1.82) is 0 Å². The predicted octanol–water partition coefficient (Wildman–Crippen LogP) is 5.50. The van der Waals surface area contributed by atoms with Gasteiger partial charge in [0.15, 0.2) is 6.61 Å². The normalized spacial score (nSPS) is 18.7. The van der Waals surface area contributed by atoms with Crippen LogP contribution in [0.1, 0.15) is 39.2 Å². The number of fused-ring (bicyclic) bond motifs is 2. The minimum Gasteiger partial charge on any atom is -0.483 e. The van der Waals surface area contributed by atoms with Crippen molar-refractivity contribution < 1.29 is 28.7 Å². The molecule has 3 heterocycles. The van der Waals surface area contributed by atoms with Crippen molar-refractivity contribution >= 4 is 74.1 Å². The molecule has 4 aromatic rings. The van der Waals surface area contributed by atoms with Gasteiger partial charge in [-0.25, -0.2) is 9.69 Å². The van der Waals surface area contributed by atoms with Crippen molar-refractivity contribution in [2.24, 2.45) is 5.92 Å². The number of ether oxygens (including phenoxy) is 2. The summed E-state index contributed by atoms with van der Waals surface area (Å²) >= 11 is 5.64. The van der Waals surface area contributed by atoms with Gasteiger partial charge in [-0.3, -0.25) is 19.2 Å². The van der Waals surface area contributed by atoms with E-state index >= 15 is 0 Å². The Balaban J connectivity index is 1.33. The van der Waals surface area contributed by atoms with E-state index in [1.54, 1.807) is 31.2 Å². The van der Waals surface area contributed by atoms with Gasteiger partial charge in [0.2, 0.25) is 11.8 Å². The minimum atomic E-state index is -0.871. The first kappa shape index (κ1) is 30.8. The molecule has 3 amide bonds. The van der Waals surface area contributed by atoms with Crippen LogP contribution in [0, 0.1) is 12.8 Å². The number of nitrogens with one attached hydrogen (secondary N) is 2. The van der Waals surface area contributed by atoms with Gasteiger partial charge in [0.05, 0.1) is 28.8 Å². The lowest BCUT2D eigenvalue weighted by Gasteiger charge is -2.31. The zero-order valence-electron chi connectivity index (χ0n) is 24.0. The minimum absolute atomic E-state index is 0.219. The number of esters is 1. The molecule has 0 saturated carbocycles. The van der Waals surface area contributed by atoms with Crippen LogP contribution < -0.4 is 19.8 Å². The second-order valence-corrected chi connectivity index (χ2v) is 13.5. The van der Waals surface area contributed by atoms with Gasteiger partial charge in [0.25, 0.3) is 5.91 Å². The van der Waals surface area contributed by atoms with Gasteiger partial charge < -0.3 is 19.8 Å². The van der Waals surface area contributed by atoms with Gasteiger partial charge >= 0.3 is 10.8 Å². The Labute approximate surface area is 274 Å². The van der Waals surface area contributed by atoms with Crippen LogP contribution >= 0.6 is 39.0 Å². The fourth-order valence-corrected chi connectivity index (χ4v) is 8.41. The summed E-state index contributed by atoms with van der Waals surface area (Å²) in [6, 6.07) is 18.7. The summed E-state index contributed by atoms with van der Waals surface area (Å²) in [5, 5.41) is 2.50. The van der Waals surface area contributed by atoms with E-state index in [4.69, 9.17) is 9.47 Å². The van der Waals surface area contributed by atoms with Crippen molar-refractivity contribution in [3.8, 4) is 5.75 Å². The number of thiazole rings is 1. The standard InChI is InChI=1S/C32H26BrN3O7S2/c1-3-42-31(40)17-7-10-20(11-8-17)36-29(38)25-24(26-28(35-32(41)45-26)44-27(25)30(36)39)21-14-18(33)9-12-22(21)43-15-23(37)34-19-6-4-5-16(2)13-19/h4-14,24-25,27H,3,15H2,1-2H3,(H,34,37)(H,35,41)/t24-,25?,27?/m1/s1. The molecule has 1 aromatic heterocycles. The second-order valence-electron chi connectivity index (χ2n) is 10.4. The third kappa shape index (κ3) is 6.07. The van der Waals surface area contributed by atoms with Crippen LogP contribution in [0.15, 0.2) is 81.0 Å². The monoisotopic (exact) mass is 707 g/mol. The molecule has 0 spiro atoms. The maximum Gasteiger partial charge on any atom is 0.338 e. The van der Waals surface area contributed by atoms with Gasteiger partial charge in [-0.1, -0.05) is 51.2 Å². The molecule has 10 nitrogen and oxygen atoms in total. The Morgan fingerprint density at radius 2 is 1.80 bits per heavy atom. The topological polar surface area (TPSA) is 135 Å². The van der Waals surface area contributed by atoms with E-state index in [1.165, 1.54) is 24.3 Å². The number of thioether (sulfide) groups is 1. The number of H-pyrrole nitrogens is 1. The first-order chi connectivity index (χ1) is 21.6. The first-order valence-electron chi connectivity index (χ1n) is 14.0. The van der Waals surface area contributed by atoms with Crippen molar-refractivity contribution in [3.05, 3.63) is 102 Å². The number of aromatic nitrogens is 1. The summed E-state index contributed by atoms with van der Waals surface area (Å²) < 4.78 is 11.8. The number of nitrogens with zero attached hydrogens (tertiary/aromatic N) is 1. The number of benzene rings is 3. The number of anilines is 2. The Hall–Kier alpha value is -4.20. The van der Waals surface area contributed by atoms with Gasteiger partial charge in [-0.15, -0.1) is 0 Å². The summed E-state index contributed by atoms with van der Waals surface area (Å²) in [4.78, 5) is 69.8. The van der Waals surface area contributed by atoms with Crippen molar-refractivity contribution in [1.82, 2.24) is 4.98 Å². The maximum atomic E-state index is 14.2. The van der Waals surface area contributed by atoms with E-state index in [1.807, 2.05) is 25.1 Å². The van der Waals surface area contributed by atoms with Gasteiger partial charge in [-0.05, 0) is 74.0 Å². The Kier molecular flexibility index (Phi) is 8.67. The van der Waals surface area contributed by atoms with E-state index in [9.17, 15) is 24.0 Å². The molecule has 13 heteroatoms. The predicted molar refractivity (Wildman–Crippen MR) is 174 cm³/mol. The van der Waals surface area contributed by atoms with Crippen molar-refractivity contribution in [2.45, 2.75) is 30.0 Å². The highest BCUT2D eigenvalue weighted by molar-refractivity contribution is 9.10. The molecular weight excluding hydrogens is 682 g/mol. The van der Waals surface area contributed by atoms with E-state index in [-0.39, 0.29) is 24.0 Å². The molecule has 1 saturated heterocycles. The average Bonchev–Trinajstić information content (AvgIpc) is 3.50. The molecule has 2 aliphatic rings. The highest BCUT2D eigenvalue weighted by atomic mass is 79.9. The molecule has 2 N–H and O–H groups in total. The zero-order valence-corrected chi connectivity index (χ0v) is 27.2. The van der Waals surface area contributed by atoms with E-state index in [0.29, 0.717) is 42.6 Å². The third-order valence-electron chi connectivity index (χ3n) is 7.43. The molecular formula is C32H26BrN3O7S2. The highest BCUT2D eigenvalue weighted by Crippen LogP contribution is 2.54. The number of hydrogen-bond acceptors (Lipinski definition) is 9. The van der Waals surface area contributed by atoms with Crippen molar-refractivity contribution in [2.75, 3.05) is 23.4 Å². The summed E-state index contributed by atoms with van der Waals surface area (Å²) in [5.74, 6) is -3.00. The fourth-order valence-electron chi connectivity index (χ4n) is 5.52. The molecule has 3 aromatic carbocycles.